The minimum Gasteiger partial charge on any atom is -0.456 e. The van der Waals surface area contributed by atoms with Crippen molar-refractivity contribution in [1.29, 1.82) is 0 Å². The third kappa shape index (κ3) is 7.08. The maximum Gasteiger partial charge on any atom is 0.243 e. The van der Waals surface area contributed by atoms with E-state index in [4.69, 9.17) is 4.74 Å². The number of benzene rings is 12. The van der Waals surface area contributed by atoms with Crippen LogP contribution in [-0.4, -0.2) is 6.71 Å². The van der Waals surface area contributed by atoms with Gasteiger partial charge < -0.3 is 9.64 Å². The first-order chi connectivity index (χ1) is 36.7. The van der Waals surface area contributed by atoms with E-state index in [0.29, 0.717) is 11.4 Å². The molecule has 0 radical (unpaired) electrons. The summed E-state index contributed by atoms with van der Waals surface area (Å²) in [5, 5.41) is 7.24. The van der Waals surface area contributed by atoms with E-state index in [2.05, 4.69) is 191 Å². The quantitative estimate of drug-likeness (QED) is 0.117. The van der Waals surface area contributed by atoms with Gasteiger partial charge in [-0.1, -0.05) is 214 Å². The van der Waals surface area contributed by atoms with Gasteiger partial charge in [-0.15, -0.1) is 0 Å². The van der Waals surface area contributed by atoms with Gasteiger partial charge in [-0.25, -0.2) is 4.39 Å². The third-order valence-electron chi connectivity index (χ3n) is 16.0. The Hall–Kier alpha value is -8.99. The number of fused-ring (bicyclic) bond motifs is 7. The number of aryl methyl sites for hydroxylation is 5. The molecule has 0 bridgehead atoms. The summed E-state index contributed by atoms with van der Waals surface area (Å²) < 4.78 is 25.1. The molecular weight excluding hydrogens is 913 g/mol. The van der Waals surface area contributed by atoms with E-state index in [1.807, 2.05) is 60.7 Å². The molecule has 0 unspecified atom stereocenters. The van der Waals surface area contributed by atoms with Crippen molar-refractivity contribution in [2.45, 2.75) is 34.6 Å². The Bertz CT molecular complexity index is 4310. The van der Waals surface area contributed by atoms with Gasteiger partial charge >= 0.3 is 0 Å². The van der Waals surface area contributed by atoms with E-state index in [1.165, 1.54) is 76.9 Å². The maximum absolute atomic E-state index is 17.9. The fourth-order valence-electron chi connectivity index (χ4n) is 13.1. The third-order valence-corrected chi connectivity index (χ3v) is 16.0. The van der Waals surface area contributed by atoms with Crippen molar-refractivity contribution in [2.75, 3.05) is 4.90 Å². The highest BCUT2D eigenvalue weighted by atomic mass is 19.1. The molecule has 14 rings (SSSR count). The number of anilines is 3. The van der Waals surface area contributed by atoms with Crippen LogP contribution >= 0.6 is 0 Å². The second-order valence-electron chi connectivity index (χ2n) is 20.8. The Kier molecular flexibility index (Phi) is 10.3. The smallest absolute Gasteiger partial charge is 0.243 e. The normalized spacial score (nSPS) is 12.2. The SMILES string of the molecule is Cc1cc(C)c(B2c3c(C)cc(C)cc3-c3cccc4c3c2cc2c3cccc5c3c(cc42)-c2ccc(N(c3ccccc3-c3ccccc3)c3c(F)cc(-c4ccccc4)cc3-c3ccccc3)cc2O5)c(C)c1. The molecule has 2 nitrogen and oxygen atoms in total. The molecule has 12 aromatic rings. The first-order valence-corrected chi connectivity index (χ1v) is 26.0. The standard InChI is InChI=1S/C71H51BFNO/c1-42-33-44(3)69(45(4)34-42)72-62-41-59-55-28-18-30-65-68(55)60(40-58(59)54-26-17-27-56(67(54)62)61-36-43(2)35-46(5)70(61)72)53-32-31-51(39-66(53)75-65)74(64-29-16-15-25-52(64)48-21-11-7-12-22-48)71-57(49-23-13-8-14-24-49)37-50(38-63(71)73)47-19-9-6-10-20-47/h6-41H,1-5H3. The fourth-order valence-corrected chi connectivity index (χ4v) is 13.1. The van der Waals surface area contributed by atoms with E-state index in [1.54, 1.807) is 6.07 Å². The Morgan fingerprint density at radius 2 is 0.960 bits per heavy atom. The molecule has 0 N–H and O–H groups in total. The van der Waals surface area contributed by atoms with Gasteiger partial charge in [0.05, 0.1) is 17.1 Å². The number of rotatable bonds is 7. The monoisotopic (exact) mass is 963 g/mol. The van der Waals surface area contributed by atoms with Gasteiger partial charge in [-0.3, -0.25) is 0 Å². The molecule has 2 aliphatic rings. The van der Waals surface area contributed by atoms with Crippen LogP contribution in [0.15, 0.2) is 218 Å². The zero-order valence-electron chi connectivity index (χ0n) is 42.6. The summed E-state index contributed by atoms with van der Waals surface area (Å²) in [4.78, 5) is 2.10. The first-order valence-electron chi connectivity index (χ1n) is 26.0. The summed E-state index contributed by atoms with van der Waals surface area (Å²) >= 11 is 0. The second kappa shape index (κ2) is 17.3. The summed E-state index contributed by atoms with van der Waals surface area (Å²) in [5.74, 6) is 1.18. The molecule has 2 heterocycles. The number of hydrogen-bond acceptors (Lipinski definition) is 2. The molecule has 2 aliphatic heterocycles. The summed E-state index contributed by atoms with van der Waals surface area (Å²) in [7, 11) is 0. The van der Waals surface area contributed by atoms with Crippen molar-refractivity contribution in [3.8, 4) is 67.1 Å². The molecule has 0 aliphatic carbocycles. The minimum absolute atomic E-state index is 0.0564. The highest BCUT2D eigenvalue weighted by Gasteiger charge is 2.37. The van der Waals surface area contributed by atoms with Crippen LogP contribution in [0.5, 0.6) is 11.5 Å². The van der Waals surface area contributed by atoms with E-state index >= 15 is 4.39 Å². The van der Waals surface area contributed by atoms with Crippen LogP contribution in [0.3, 0.4) is 0 Å². The summed E-state index contributed by atoms with van der Waals surface area (Å²) in [6.07, 6.45) is 0. The molecule has 0 saturated carbocycles. The van der Waals surface area contributed by atoms with Crippen molar-refractivity contribution < 1.29 is 9.13 Å². The van der Waals surface area contributed by atoms with Crippen molar-refractivity contribution in [1.82, 2.24) is 0 Å². The van der Waals surface area contributed by atoms with E-state index in [0.717, 1.165) is 72.4 Å². The van der Waals surface area contributed by atoms with Crippen molar-refractivity contribution in [3.63, 3.8) is 0 Å². The lowest BCUT2D eigenvalue weighted by Crippen LogP contribution is -2.57. The van der Waals surface area contributed by atoms with Gasteiger partial charge in [0, 0.05) is 28.1 Å². The zero-order valence-corrected chi connectivity index (χ0v) is 42.6. The van der Waals surface area contributed by atoms with E-state index < -0.39 is 0 Å². The van der Waals surface area contributed by atoms with Crippen molar-refractivity contribution in [2.24, 2.45) is 0 Å². The minimum atomic E-state index is -0.333. The Morgan fingerprint density at radius 1 is 0.373 bits per heavy atom. The number of ether oxygens (including phenoxy) is 1. The summed E-state index contributed by atoms with van der Waals surface area (Å²) in [6.45, 7) is 11.4. The van der Waals surface area contributed by atoms with Gasteiger partial charge in [0.1, 0.15) is 17.3 Å². The van der Waals surface area contributed by atoms with Gasteiger partial charge in [0.15, 0.2) is 0 Å². The topological polar surface area (TPSA) is 12.5 Å². The fraction of sp³-hybridized carbons (Fsp3) is 0.0704. The molecule has 356 valence electrons. The Labute approximate surface area is 438 Å². The second-order valence-corrected chi connectivity index (χ2v) is 20.8. The summed E-state index contributed by atoms with van der Waals surface area (Å²) in [5.41, 5.74) is 22.9. The molecule has 0 fully saturated rings. The predicted molar refractivity (Wildman–Crippen MR) is 316 cm³/mol. The Morgan fingerprint density at radius 3 is 1.68 bits per heavy atom. The molecule has 0 aromatic heterocycles. The number of nitrogens with zero attached hydrogens (tertiary/aromatic N) is 1. The van der Waals surface area contributed by atoms with Gasteiger partial charge in [-0.05, 0) is 143 Å². The van der Waals surface area contributed by atoms with Crippen LogP contribution in [0.2, 0.25) is 0 Å². The van der Waals surface area contributed by atoms with E-state index in [9.17, 15) is 0 Å². The van der Waals surface area contributed by atoms with Crippen LogP contribution in [0.1, 0.15) is 27.8 Å². The zero-order chi connectivity index (χ0) is 50.6. The lowest BCUT2D eigenvalue weighted by atomic mass is 9.32. The number of para-hydroxylation sites is 1. The molecule has 4 heteroatoms. The van der Waals surface area contributed by atoms with Crippen LogP contribution in [0, 0.1) is 40.4 Å². The maximum atomic E-state index is 17.9. The lowest BCUT2D eigenvalue weighted by molar-refractivity contribution is 0.487. The van der Waals surface area contributed by atoms with Gasteiger partial charge in [0.25, 0.3) is 0 Å². The predicted octanol–water partition coefficient (Wildman–Crippen LogP) is 17.6. The highest BCUT2D eigenvalue weighted by molar-refractivity contribution is 6.99. The first kappa shape index (κ1) is 44.7. The van der Waals surface area contributed by atoms with Gasteiger partial charge in [0.2, 0.25) is 6.71 Å². The largest absolute Gasteiger partial charge is 0.456 e. The molecule has 12 aromatic carbocycles. The number of halogens is 1. The molecule has 75 heavy (non-hydrogen) atoms. The molecular formula is C71H51BFNO. The summed E-state index contributed by atoms with van der Waals surface area (Å²) in [6, 6.07) is 77.0. The number of hydrogen-bond donors (Lipinski definition) is 0. The molecule has 0 amide bonds. The van der Waals surface area contributed by atoms with Gasteiger partial charge in [-0.2, -0.15) is 0 Å². The molecule has 0 saturated heterocycles. The van der Waals surface area contributed by atoms with Crippen LogP contribution in [0.4, 0.5) is 21.5 Å². The van der Waals surface area contributed by atoms with Crippen LogP contribution in [-0.2, 0) is 0 Å². The molecule has 0 atom stereocenters. The van der Waals surface area contributed by atoms with Crippen LogP contribution in [0.25, 0.3) is 88.0 Å². The lowest BCUT2D eigenvalue weighted by Gasteiger charge is -2.32. The van der Waals surface area contributed by atoms with E-state index in [-0.39, 0.29) is 12.5 Å². The van der Waals surface area contributed by atoms with Crippen LogP contribution < -0.4 is 26.0 Å². The Balaban J connectivity index is 1.01. The average Bonchev–Trinajstić information content (AvgIpc) is 3.46. The highest BCUT2D eigenvalue weighted by Crippen LogP contribution is 2.54. The average molecular weight is 964 g/mol. The van der Waals surface area contributed by atoms with Crippen molar-refractivity contribution in [3.05, 3.63) is 252 Å². The van der Waals surface area contributed by atoms with Crippen molar-refractivity contribution >= 4 is 72.5 Å². The molecule has 0 spiro atoms.